The topological polar surface area (TPSA) is 58.6 Å². The number of aldehydes is 1. The lowest BCUT2D eigenvalue weighted by atomic mass is 10.2. The molecular formula is C10H7N3O. The molecule has 2 rings (SSSR count). The lowest BCUT2D eigenvalue weighted by Gasteiger charge is -1.87. The monoisotopic (exact) mass is 185 g/mol. The predicted octanol–water partition coefficient (Wildman–Crippen LogP) is 0.898. The van der Waals surface area contributed by atoms with Gasteiger partial charge in [-0.05, 0) is 18.2 Å². The molecule has 4 nitrogen and oxygen atoms in total. The number of benzene rings is 1. The third-order valence-electron chi connectivity index (χ3n) is 1.73. The molecule has 1 aromatic heterocycles. The molecule has 0 unspecified atom stereocenters. The number of carbonyl (C=O) groups is 1. The molecule has 14 heavy (non-hydrogen) atoms. The highest BCUT2D eigenvalue weighted by atomic mass is 16.1. The SMILES string of the molecule is O=CCC#Cc1ccc2n[nH]nc2c1. The number of nitrogens with one attached hydrogen (secondary N) is 1. The number of aromatic amines is 1. The summed E-state index contributed by atoms with van der Waals surface area (Å²) in [6, 6.07) is 5.52. The van der Waals surface area contributed by atoms with Crippen LogP contribution in [0.25, 0.3) is 11.0 Å². The van der Waals surface area contributed by atoms with Gasteiger partial charge >= 0.3 is 0 Å². The van der Waals surface area contributed by atoms with E-state index in [9.17, 15) is 4.79 Å². The Bertz CT molecular complexity index is 519. The fourth-order valence-corrected chi connectivity index (χ4v) is 1.11. The van der Waals surface area contributed by atoms with Crippen molar-refractivity contribution >= 4 is 17.3 Å². The van der Waals surface area contributed by atoms with Crippen LogP contribution < -0.4 is 0 Å². The minimum atomic E-state index is 0.261. The third kappa shape index (κ3) is 1.62. The summed E-state index contributed by atoms with van der Waals surface area (Å²) < 4.78 is 0. The maximum atomic E-state index is 10.0. The molecular weight excluding hydrogens is 178 g/mol. The third-order valence-corrected chi connectivity index (χ3v) is 1.73. The van der Waals surface area contributed by atoms with Crippen LogP contribution >= 0.6 is 0 Å². The van der Waals surface area contributed by atoms with Crippen molar-refractivity contribution in [2.75, 3.05) is 0 Å². The molecule has 0 bridgehead atoms. The summed E-state index contributed by atoms with van der Waals surface area (Å²) in [4.78, 5) is 10.0. The molecule has 1 heterocycles. The molecule has 0 radical (unpaired) electrons. The van der Waals surface area contributed by atoms with Crippen molar-refractivity contribution in [1.82, 2.24) is 15.4 Å². The van der Waals surface area contributed by atoms with Crippen LogP contribution in [0.4, 0.5) is 0 Å². The van der Waals surface area contributed by atoms with Gasteiger partial charge in [-0.2, -0.15) is 15.4 Å². The van der Waals surface area contributed by atoms with Gasteiger partial charge in [-0.1, -0.05) is 11.8 Å². The van der Waals surface area contributed by atoms with Crippen LogP contribution in [0.5, 0.6) is 0 Å². The fourth-order valence-electron chi connectivity index (χ4n) is 1.11. The largest absolute Gasteiger partial charge is 0.302 e. The molecule has 0 spiro atoms. The number of hydrogen-bond donors (Lipinski definition) is 1. The average molecular weight is 185 g/mol. The number of aromatic nitrogens is 3. The van der Waals surface area contributed by atoms with E-state index in [-0.39, 0.29) is 6.42 Å². The van der Waals surface area contributed by atoms with Gasteiger partial charge in [-0.25, -0.2) is 0 Å². The van der Waals surface area contributed by atoms with Gasteiger partial charge < -0.3 is 4.79 Å². The van der Waals surface area contributed by atoms with Crippen molar-refractivity contribution in [3.63, 3.8) is 0 Å². The Morgan fingerprint density at radius 3 is 3.07 bits per heavy atom. The summed E-state index contributed by atoms with van der Waals surface area (Å²) in [5, 5.41) is 10.4. The Morgan fingerprint density at radius 2 is 2.21 bits per heavy atom. The molecule has 0 fully saturated rings. The van der Waals surface area contributed by atoms with Crippen molar-refractivity contribution in [2.45, 2.75) is 6.42 Å². The van der Waals surface area contributed by atoms with Crippen LogP contribution in [0.1, 0.15) is 12.0 Å². The summed E-state index contributed by atoms with van der Waals surface area (Å²) >= 11 is 0. The first-order valence-electron chi connectivity index (χ1n) is 4.13. The fraction of sp³-hybridized carbons (Fsp3) is 0.100. The average Bonchev–Trinajstić information content (AvgIpc) is 2.65. The highest BCUT2D eigenvalue weighted by Crippen LogP contribution is 2.09. The van der Waals surface area contributed by atoms with Crippen LogP contribution in [0.3, 0.4) is 0 Å². The Labute approximate surface area is 80.3 Å². The van der Waals surface area contributed by atoms with E-state index in [0.717, 1.165) is 22.9 Å². The van der Waals surface area contributed by atoms with Crippen LogP contribution in [0.2, 0.25) is 0 Å². The summed E-state index contributed by atoms with van der Waals surface area (Å²) in [6.07, 6.45) is 1.04. The van der Waals surface area contributed by atoms with Crippen molar-refractivity contribution in [2.24, 2.45) is 0 Å². The van der Waals surface area contributed by atoms with Crippen molar-refractivity contribution in [1.29, 1.82) is 0 Å². The van der Waals surface area contributed by atoms with E-state index >= 15 is 0 Å². The zero-order valence-corrected chi connectivity index (χ0v) is 7.32. The second-order valence-electron chi connectivity index (χ2n) is 2.70. The molecule has 1 N–H and O–H groups in total. The Morgan fingerprint density at radius 1 is 1.36 bits per heavy atom. The zero-order valence-electron chi connectivity index (χ0n) is 7.32. The molecule has 68 valence electrons. The molecule has 0 amide bonds. The van der Waals surface area contributed by atoms with E-state index < -0.39 is 0 Å². The lowest BCUT2D eigenvalue weighted by Crippen LogP contribution is -1.75. The van der Waals surface area contributed by atoms with Crippen molar-refractivity contribution < 1.29 is 4.79 Å². The Kier molecular flexibility index (Phi) is 2.24. The standard InChI is InChI=1S/C10H7N3O/c14-6-2-1-3-8-4-5-9-10(7-8)12-13-11-9/h4-7H,2H2,(H,11,12,13). The smallest absolute Gasteiger partial charge is 0.131 e. The van der Waals surface area contributed by atoms with Crippen molar-refractivity contribution in [3.05, 3.63) is 23.8 Å². The normalized spacial score (nSPS) is 9.43. The predicted molar refractivity (Wildman–Crippen MR) is 51.4 cm³/mol. The quantitative estimate of drug-likeness (QED) is 0.530. The number of H-pyrrole nitrogens is 1. The highest BCUT2D eigenvalue weighted by Gasteiger charge is 1.96. The number of nitrogens with zero attached hydrogens (tertiary/aromatic N) is 2. The van der Waals surface area contributed by atoms with E-state index in [1.54, 1.807) is 0 Å². The van der Waals surface area contributed by atoms with E-state index in [4.69, 9.17) is 0 Å². The lowest BCUT2D eigenvalue weighted by molar-refractivity contribution is -0.107. The number of carbonyl (C=O) groups excluding carboxylic acids is 1. The molecule has 0 aliphatic carbocycles. The molecule has 1 aromatic carbocycles. The summed E-state index contributed by atoms with van der Waals surface area (Å²) in [6.45, 7) is 0. The number of rotatable bonds is 1. The first kappa shape index (κ1) is 8.45. The van der Waals surface area contributed by atoms with E-state index in [1.807, 2.05) is 18.2 Å². The van der Waals surface area contributed by atoms with Gasteiger partial charge in [0, 0.05) is 5.56 Å². The maximum absolute atomic E-state index is 10.0. The highest BCUT2D eigenvalue weighted by molar-refractivity contribution is 5.75. The van der Waals surface area contributed by atoms with Gasteiger partial charge in [0.1, 0.15) is 17.3 Å². The second kappa shape index (κ2) is 3.71. The summed E-state index contributed by atoms with van der Waals surface area (Å²) in [7, 11) is 0. The molecule has 2 aromatic rings. The van der Waals surface area contributed by atoms with Crippen LogP contribution in [-0.4, -0.2) is 21.7 Å². The minimum absolute atomic E-state index is 0.261. The number of fused-ring (bicyclic) bond motifs is 1. The first-order chi connectivity index (χ1) is 6.90. The zero-order chi connectivity index (χ0) is 9.80. The first-order valence-corrected chi connectivity index (χ1v) is 4.13. The maximum Gasteiger partial charge on any atom is 0.131 e. The van der Waals surface area contributed by atoms with Crippen LogP contribution in [0, 0.1) is 11.8 Å². The molecule has 0 aliphatic rings. The van der Waals surface area contributed by atoms with Crippen molar-refractivity contribution in [3.8, 4) is 11.8 Å². The Hall–Kier alpha value is -2.15. The van der Waals surface area contributed by atoms with E-state index in [2.05, 4.69) is 27.3 Å². The van der Waals surface area contributed by atoms with Gasteiger partial charge in [-0.15, -0.1) is 0 Å². The van der Waals surface area contributed by atoms with Crippen LogP contribution in [-0.2, 0) is 4.79 Å². The molecule has 0 saturated carbocycles. The molecule has 4 heteroatoms. The van der Waals surface area contributed by atoms with Gasteiger partial charge in [0.25, 0.3) is 0 Å². The molecule has 0 saturated heterocycles. The number of hydrogen-bond acceptors (Lipinski definition) is 3. The molecule has 0 aliphatic heterocycles. The van der Waals surface area contributed by atoms with Gasteiger partial charge in [0.05, 0.1) is 6.42 Å². The van der Waals surface area contributed by atoms with E-state index in [0.29, 0.717) is 0 Å². The summed E-state index contributed by atoms with van der Waals surface area (Å²) in [5.41, 5.74) is 2.43. The Balaban J connectivity index is 2.35. The van der Waals surface area contributed by atoms with Gasteiger partial charge in [0.15, 0.2) is 0 Å². The van der Waals surface area contributed by atoms with Crippen LogP contribution in [0.15, 0.2) is 18.2 Å². The second-order valence-corrected chi connectivity index (χ2v) is 2.70. The summed E-state index contributed by atoms with van der Waals surface area (Å²) in [5.74, 6) is 5.60. The van der Waals surface area contributed by atoms with E-state index in [1.165, 1.54) is 0 Å². The van der Waals surface area contributed by atoms with Gasteiger partial charge in [-0.3, -0.25) is 0 Å². The molecule has 0 atom stereocenters. The van der Waals surface area contributed by atoms with Gasteiger partial charge in [0.2, 0.25) is 0 Å². The minimum Gasteiger partial charge on any atom is -0.302 e.